The van der Waals surface area contributed by atoms with E-state index in [2.05, 4.69) is 10.6 Å². The van der Waals surface area contributed by atoms with Crippen LogP contribution in [0.2, 0.25) is 0 Å². The third kappa shape index (κ3) is 6.10. The minimum atomic E-state index is -0.808. The first kappa shape index (κ1) is 19.9. The van der Waals surface area contributed by atoms with Crippen LogP contribution in [0.3, 0.4) is 0 Å². The van der Waals surface area contributed by atoms with Crippen LogP contribution in [0.4, 0.5) is 15.8 Å². The number of hydrogen-bond donors (Lipinski definition) is 2. The van der Waals surface area contributed by atoms with Crippen LogP contribution in [0, 0.1) is 5.82 Å². The molecule has 7 nitrogen and oxygen atoms in total. The molecule has 0 unspecified atom stereocenters. The molecule has 0 atom stereocenters. The van der Waals surface area contributed by atoms with Gasteiger partial charge in [-0.15, -0.1) is 0 Å². The zero-order valence-corrected chi connectivity index (χ0v) is 15.0. The molecule has 0 saturated carbocycles. The molecule has 0 aromatic heterocycles. The Bertz CT molecular complexity index is 822. The Morgan fingerprint density at radius 3 is 2.33 bits per heavy atom. The molecule has 0 fully saturated rings. The Kier molecular flexibility index (Phi) is 6.87. The summed E-state index contributed by atoms with van der Waals surface area (Å²) in [6.07, 6.45) is 0. The van der Waals surface area contributed by atoms with Crippen molar-refractivity contribution in [2.75, 3.05) is 37.5 Å². The lowest BCUT2D eigenvalue weighted by Crippen LogP contribution is -2.32. The zero-order valence-electron chi connectivity index (χ0n) is 15.0. The Morgan fingerprint density at radius 2 is 1.70 bits per heavy atom. The summed E-state index contributed by atoms with van der Waals surface area (Å²) in [6, 6.07) is 12.5. The fraction of sp³-hybridized carbons (Fsp3) is 0.211. The molecule has 0 aliphatic carbocycles. The average molecular weight is 373 g/mol. The molecule has 2 aromatic carbocycles. The fourth-order valence-electron chi connectivity index (χ4n) is 2.13. The third-order valence-corrected chi connectivity index (χ3v) is 3.54. The third-order valence-electron chi connectivity index (χ3n) is 3.54. The minimum Gasteiger partial charge on any atom is -0.454 e. The van der Waals surface area contributed by atoms with Gasteiger partial charge in [-0.25, -0.2) is 4.39 Å². The largest absolute Gasteiger partial charge is 0.454 e. The number of ether oxygens (including phenoxy) is 1. The minimum absolute atomic E-state index is 0.177. The molecule has 2 aromatic rings. The maximum atomic E-state index is 13.5. The van der Waals surface area contributed by atoms with Crippen molar-refractivity contribution < 1.29 is 23.5 Å². The van der Waals surface area contributed by atoms with E-state index < -0.39 is 36.8 Å². The normalized spacial score (nSPS) is 10.0. The van der Waals surface area contributed by atoms with E-state index >= 15 is 0 Å². The highest BCUT2D eigenvalue weighted by Gasteiger charge is 2.13. The number of carbonyl (C=O) groups is 3. The zero-order chi connectivity index (χ0) is 19.8. The van der Waals surface area contributed by atoms with E-state index in [9.17, 15) is 18.8 Å². The lowest BCUT2D eigenvalue weighted by Gasteiger charge is -2.13. The Hall–Kier alpha value is -3.42. The quantitative estimate of drug-likeness (QED) is 0.723. The Morgan fingerprint density at radius 1 is 1.04 bits per heavy atom. The highest BCUT2D eigenvalue weighted by molar-refractivity contribution is 5.96. The molecular weight excluding hydrogens is 353 g/mol. The van der Waals surface area contributed by atoms with E-state index in [1.807, 2.05) is 31.1 Å². The van der Waals surface area contributed by atoms with E-state index in [-0.39, 0.29) is 5.56 Å². The molecule has 0 radical (unpaired) electrons. The average Bonchev–Trinajstić information content (AvgIpc) is 2.65. The topological polar surface area (TPSA) is 87.7 Å². The van der Waals surface area contributed by atoms with Gasteiger partial charge in [-0.05, 0) is 36.4 Å². The summed E-state index contributed by atoms with van der Waals surface area (Å²) in [7, 11) is 3.80. The van der Waals surface area contributed by atoms with E-state index in [0.717, 1.165) is 11.8 Å². The molecule has 2 amide bonds. The van der Waals surface area contributed by atoms with Crippen LogP contribution < -0.4 is 15.5 Å². The van der Waals surface area contributed by atoms with Crippen LogP contribution in [-0.2, 0) is 14.3 Å². The number of esters is 1. The van der Waals surface area contributed by atoms with Crippen LogP contribution in [0.25, 0.3) is 0 Å². The molecule has 0 saturated heterocycles. The van der Waals surface area contributed by atoms with Gasteiger partial charge in [0, 0.05) is 25.5 Å². The van der Waals surface area contributed by atoms with E-state index in [4.69, 9.17) is 4.74 Å². The molecule has 2 N–H and O–H groups in total. The summed E-state index contributed by atoms with van der Waals surface area (Å²) in [5, 5.41) is 4.83. The van der Waals surface area contributed by atoms with Gasteiger partial charge in [-0.3, -0.25) is 14.4 Å². The summed E-state index contributed by atoms with van der Waals surface area (Å²) >= 11 is 0. The standard InChI is InChI=1S/C19H20FN3O4/c1-23(2)14-9-7-13(8-10-14)22-17(24)12-27-18(25)11-21-19(26)15-5-3-4-6-16(15)20/h3-10H,11-12H2,1-2H3,(H,21,26)(H,22,24). The van der Waals surface area contributed by atoms with Crippen LogP contribution in [-0.4, -0.2) is 45.0 Å². The predicted molar refractivity (Wildman–Crippen MR) is 99.1 cm³/mol. The Balaban J connectivity index is 1.74. The van der Waals surface area contributed by atoms with Crippen molar-refractivity contribution >= 4 is 29.2 Å². The molecule has 0 aliphatic heterocycles. The number of amides is 2. The highest BCUT2D eigenvalue weighted by Crippen LogP contribution is 2.15. The highest BCUT2D eigenvalue weighted by atomic mass is 19.1. The summed E-state index contributed by atoms with van der Waals surface area (Å²) in [6.45, 7) is -0.970. The van der Waals surface area contributed by atoms with Crippen LogP contribution >= 0.6 is 0 Å². The van der Waals surface area contributed by atoms with Crippen molar-refractivity contribution in [2.24, 2.45) is 0 Å². The van der Waals surface area contributed by atoms with Crippen molar-refractivity contribution in [3.8, 4) is 0 Å². The second-order valence-electron chi connectivity index (χ2n) is 5.81. The number of rotatable bonds is 7. The SMILES string of the molecule is CN(C)c1ccc(NC(=O)COC(=O)CNC(=O)c2ccccc2F)cc1. The lowest BCUT2D eigenvalue weighted by atomic mass is 10.2. The van der Waals surface area contributed by atoms with E-state index in [0.29, 0.717) is 5.69 Å². The number of nitrogens with one attached hydrogen (secondary N) is 2. The molecule has 0 spiro atoms. The lowest BCUT2D eigenvalue weighted by molar-refractivity contribution is -0.146. The van der Waals surface area contributed by atoms with E-state index in [1.54, 1.807) is 12.1 Å². The van der Waals surface area contributed by atoms with Crippen molar-refractivity contribution in [3.05, 3.63) is 59.9 Å². The second kappa shape index (κ2) is 9.33. The van der Waals surface area contributed by atoms with Crippen molar-refractivity contribution in [1.82, 2.24) is 5.32 Å². The Labute approximate surface area is 156 Å². The maximum absolute atomic E-state index is 13.5. The summed E-state index contributed by atoms with van der Waals surface area (Å²) < 4.78 is 18.2. The van der Waals surface area contributed by atoms with Gasteiger partial charge in [0.15, 0.2) is 6.61 Å². The summed E-state index contributed by atoms with van der Waals surface area (Å²) in [5.41, 5.74) is 1.36. The molecule has 2 rings (SSSR count). The van der Waals surface area contributed by atoms with Gasteiger partial charge in [0.05, 0.1) is 5.56 Å². The van der Waals surface area contributed by atoms with Crippen LogP contribution in [0.1, 0.15) is 10.4 Å². The molecule has 0 heterocycles. The molecule has 27 heavy (non-hydrogen) atoms. The first-order valence-corrected chi connectivity index (χ1v) is 8.12. The molecule has 8 heteroatoms. The van der Waals surface area contributed by atoms with Crippen molar-refractivity contribution in [1.29, 1.82) is 0 Å². The fourth-order valence-corrected chi connectivity index (χ4v) is 2.13. The van der Waals surface area contributed by atoms with Gasteiger partial charge in [0.25, 0.3) is 11.8 Å². The van der Waals surface area contributed by atoms with Gasteiger partial charge in [-0.2, -0.15) is 0 Å². The monoisotopic (exact) mass is 373 g/mol. The van der Waals surface area contributed by atoms with Gasteiger partial charge < -0.3 is 20.3 Å². The van der Waals surface area contributed by atoms with Crippen LogP contribution in [0.15, 0.2) is 48.5 Å². The number of carbonyl (C=O) groups excluding carboxylic acids is 3. The maximum Gasteiger partial charge on any atom is 0.325 e. The first-order chi connectivity index (χ1) is 12.9. The molecule has 142 valence electrons. The second-order valence-corrected chi connectivity index (χ2v) is 5.81. The number of anilines is 2. The number of hydrogen-bond acceptors (Lipinski definition) is 5. The van der Waals surface area contributed by atoms with Gasteiger partial charge in [-0.1, -0.05) is 12.1 Å². The smallest absolute Gasteiger partial charge is 0.325 e. The van der Waals surface area contributed by atoms with Crippen LogP contribution in [0.5, 0.6) is 0 Å². The number of benzene rings is 2. The first-order valence-electron chi connectivity index (χ1n) is 8.12. The molecule has 0 bridgehead atoms. The van der Waals surface area contributed by atoms with Gasteiger partial charge >= 0.3 is 5.97 Å². The molecule has 0 aliphatic rings. The molecular formula is C19H20FN3O4. The van der Waals surface area contributed by atoms with Gasteiger partial charge in [0.2, 0.25) is 0 Å². The van der Waals surface area contributed by atoms with Crippen molar-refractivity contribution in [2.45, 2.75) is 0 Å². The van der Waals surface area contributed by atoms with Gasteiger partial charge in [0.1, 0.15) is 12.4 Å². The predicted octanol–water partition coefficient (Wildman–Crippen LogP) is 1.80. The van der Waals surface area contributed by atoms with E-state index in [1.165, 1.54) is 18.2 Å². The summed E-state index contributed by atoms with van der Waals surface area (Å²) in [4.78, 5) is 37.1. The van der Waals surface area contributed by atoms with Crippen molar-refractivity contribution in [3.63, 3.8) is 0 Å². The summed E-state index contributed by atoms with van der Waals surface area (Å²) in [5.74, 6) is -2.75. The number of halogens is 1. The number of nitrogens with zero attached hydrogens (tertiary/aromatic N) is 1.